The van der Waals surface area contributed by atoms with E-state index in [1.807, 2.05) is 13.0 Å². The molecule has 1 aliphatic rings. The van der Waals surface area contributed by atoms with Crippen LogP contribution in [0.2, 0.25) is 0 Å². The monoisotopic (exact) mass is 401 g/mol. The molecule has 1 aromatic heterocycles. The van der Waals surface area contributed by atoms with Crippen molar-refractivity contribution in [3.8, 4) is 0 Å². The number of carbonyl (C=O) groups is 1. The summed E-state index contributed by atoms with van der Waals surface area (Å²) in [6.07, 6.45) is 4.56. The maximum absolute atomic E-state index is 13.2. The number of piperidine rings is 1. The molecule has 0 spiro atoms. The van der Waals surface area contributed by atoms with E-state index in [0.29, 0.717) is 17.9 Å². The molecule has 6 heteroatoms. The highest BCUT2D eigenvalue weighted by atomic mass is 19.2. The lowest BCUT2D eigenvalue weighted by Gasteiger charge is -2.32. The van der Waals surface area contributed by atoms with Crippen molar-refractivity contribution in [1.29, 1.82) is 0 Å². The molecule has 1 aromatic carbocycles. The molecule has 29 heavy (non-hydrogen) atoms. The Bertz CT molecular complexity index is 828. The highest BCUT2D eigenvalue weighted by Gasteiger charge is 2.20. The average Bonchev–Trinajstić information content (AvgIpc) is 2.72. The molecule has 3 rings (SSSR count). The third-order valence-corrected chi connectivity index (χ3v) is 5.49. The molecule has 0 unspecified atom stereocenters. The predicted octanol–water partition coefficient (Wildman–Crippen LogP) is 4.02. The van der Waals surface area contributed by atoms with E-state index in [0.717, 1.165) is 68.8 Å². The number of aryl methyl sites for hydroxylation is 1. The summed E-state index contributed by atoms with van der Waals surface area (Å²) in [7, 11) is 0. The first kappa shape index (κ1) is 21.4. The fourth-order valence-corrected chi connectivity index (χ4v) is 3.88. The summed E-state index contributed by atoms with van der Waals surface area (Å²) >= 11 is 0. The standard InChI is InChI=1S/C23H29F2N3O/c1-17-4-2-6-20(27-17)11-13-28-12-3-5-18(16-28)8-10-23(29)26-15-19-7-9-21(24)22(25)14-19/h2,4,6-7,9,14,18H,3,5,8,10-13,15-16H2,1H3,(H,26,29)/t18-/m1/s1. The van der Waals surface area contributed by atoms with E-state index in [2.05, 4.69) is 27.3 Å². The highest BCUT2D eigenvalue weighted by Crippen LogP contribution is 2.21. The Kier molecular flexibility index (Phi) is 7.69. The first-order valence-electron chi connectivity index (χ1n) is 10.3. The van der Waals surface area contributed by atoms with E-state index in [9.17, 15) is 13.6 Å². The van der Waals surface area contributed by atoms with Gasteiger partial charge in [0.05, 0.1) is 0 Å². The molecule has 0 aliphatic carbocycles. The molecule has 0 saturated carbocycles. The van der Waals surface area contributed by atoms with Gasteiger partial charge in [0.1, 0.15) is 0 Å². The number of benzene rings is 1. The van der Waals surface area contributed by atoms with Crippen molar-refractivity contribution in [2.75, 3.05) is 19.6 Å². The first-order valence-corrected chi connectivity index (χ1v) is 10.3. The molecule has 1 amide bonds. The van der Waals surface area contributed by atoms with Crippen LogP contribution < -0.4 is 5.32 Å². The van der Waals surface area contributed by atoms with Gasteiger partial charge in [-0.05, 0) is 68.5 Å². The molecule has 2 heterocycles. The summed E-state index contributed by atoms with van der Waals surface area (Å²) in [4.78, 5) is 19.2. The van der Waals surface area contributed by atoms with E-state index in [-0.39, 0.29) is 12.5 Å². The van der Waals surface area contributed by atoms with Crippen LogP contribution in [-0.2, 0) is 17.8 Å². The summed E-state index contributed by atoms with van der Waals surface area (Å²) in [6, 6.07) is 9.83. The van der Waals surface area contributed by atoms with Crippen LogP contribution in [0.15, 0.2) is 36.4 Å². The van der Waals surface area contributed by atoms with Crippen molar-refractivity contribution in [2.24, 2.45) is 5.92 Å². The van der Waals surface area contributed by atoms with E-state index >= 15 is 0 Å². The molecule has 1 saturated heterocycles. The Morgan fingerprint density at radius 1 is 1.24 bits per heavy atom. The zero-order chi connectivity index (χ0) is 20.6. The SMILES string of the molecule is Cc1cccc(CCN2CCC[C@H](CCC(=O)NCc3ccc(F)c(F)c3)C2)n1. The number of carbonyl (C=O) groups excluding carboxylic acids is 1. The molecule has 2 aromatic rings. The quantitative estimate of drug-likeness (QED) is 0.727. The van der Waals surface area contributed by atoms with Gasteiger partial charge in [0.25, 0.3) is 0 Å². The number of rotatable bonds is 8. The number of aromatic nitrogens is 1. The van der Waals surface area contributed by atoms with Crippen molar-refractivity contribution < 1.29 is 13.6 Å². The van der Waals surface area contributed by atoms with Crippen LogP contribution >= 0.6 is 0 Å². The van der Waals surface area contributed by atoms with Gasteiger partial charge < -0.3 is 10.2 Å². The van der Waals surface area contributed by atoms with E-state index in [4.69, 9.17) is 0 Å². The minimum absolute atomic E-state index is 0.0455. The fraction of sp³-hybridized carbons (Fsp3) is 0.478. The van der Waals surface area contributed by atoms with Gasteiger partial charge in [-0.15, -0.1) is 0 Å². The van der Waals surface area contributed by atoms with Crippen LogP contribution in [0.25, 0.3) is 0 Å². The normalized spacial score (nSPS) is 17.3. The number of halogens is 2. The number of nitrogens with zero attached hydrogens (tertiary/aromatic N) is 2. The first-order chi connectivity index (χ1) is 14.0. The summed E-state index contributed by atoms with van der Waals surface area (Å²) < 4.78 is 26.2. The summed E-state index contributed by atoms with van der Waals surface area (Å²) in [5.74, 6) is -1.29. The van der Waals surface area contributed by atoms with Crippen LogP contribution in [-0.4, -0.2) is 35.4 Å². The van der Waals surface area contributed by atoms with Gasteiger partial charge in [0.15, 0.2) is 11.6 Å². The van der Waals surface area contributed by atoms with E-state index in [1.54, 1.807) is 0 Å². The molecule has 1 fully saturated rings. The zero-order valence-electron chi connectivity index (χ0n) is 17.0. The third kappa shape index (κ3) is 6.89. The molecular weight excluding hydrogens is 372 g/mol. The van der Waals surface area contributed by atoms with Gasteiger partial charge in [-0.25, -0.2) is 8.78 Å². The van der Waals surface area contributed by atoms with Crippen LogP contribution in [0.1, 0.15) is 42.6 Å². The van der Waals surface area contributed by atoms with Crippen molar-refractivity contribution in [1.82, 2.24) is 15.2 Å². The lowest BCUT2D eigenvalue weighted by Crippen LogP contribution is -2.37. The third-order valence-electron chi connectivity index (χ3n) is 5.49. The molecule has 0 bridgehead atoms. The lowest BCUT2D eigenvalue weighted by atomic mass is 9.93. The van der Waals surface area contributed by atoms with Gasteiger partial charge in [-0.3, -0.25) is 9.78 Å². The number of nitrogens with one attached hydrogen (secondary N) is 1. The molecule has 4 nitrogen and oxygen atoms in total. The highest BCUT2D eigenvalue weighted by molar-refractivity contribution is 5.75. The molecule has 1 aliphatic heterocycles. The molecule has 156 valence electrons. The topological polar surface area (TPSA) is 45.2 Å². The molecule has 0 radical (unpaired) electrons. The van der Waals surface area contributed by atoms with Crippen molar-refractivity contribution in [3.05, 3.63) is 65.0 Å². The second-order valence-corrected chi connectivity index (χ2v) is 7.89. The van der Waals surface area contributed by atoms with Crippen molar-refractivity contribution >= 4 is 5.91 Å². The van der Waals surface area contributed by atoms with E-state index < -0.39 is 11.6 Å². The lowest BCUT2D eigenvalue weighted by molar-refractivity contribution is -0.121. The minimum atomic E-state index is -0.889. The maximum atomic E-state index is 13.2. The number of hydrogen-bond acceptors (Lipinski definition) is 3. The molecule has 1 atom stereocenters. The smallest absolute Gasteiger partial charge is 0.220 e. The Balaban J connectivity index is 1.37. The Hall–Kier alpha value is -2.34. The van der Waals surface area contributed by atoms with Gasteiger partial charge >= 0.3 is 0 Å². The summed E-state index contributed by atoms with van der Waals surface area (Å²) in [5, 5.41) is 2.80. The van der Waals surface area contributed by atoms with E-state index in [1.165, 1.54) is 6.07 Å². The minimum Gasteiger partial charge on any atom is -0.352 e. The number of pyridine rings is 1. The van der Waals surface area contributed by atoms with Gasteiger partial charge in [0.2, 0.25) is 5.91 Å². The Labute approximate surface area is 171 Å². The number of amides is 1. The second-order valence-electron chi connectivity index (χ2n) is 7.89. The average molecular weight is 402 g/mol. The van der Waals surface area contributed by atoms with Gasteiger partial charge in [-0.1, -0.05) is 12.1 Å². The van der Waals surface area contributed by atoms with Crippen LogP contribution in [0.3, 0.4) is 0 Å². The number of likely N-dealkylation sites (tertiary alicyclic amines) is 1. The number of hydrogen-bond donors (Lipinski definition) is 1. The zero-order valence-corrected chi connectivity index (χ0v) is 17.0. The summed E-state index contributed by atoms with van der Waals surface area (Å²) in [5.41, 5.74) is 2.74. The van der Waals surface area contributed by atoms with Crippen LogP contribution in [0.5, 0.6) is 0 Å². The maximum Gasteiger partial charge on any atom is 0.220 e. The Morgan fingerprint density at radius 3 is 2.90 bits per heavy atom. The van der Waals surface area contributed by atoms with Gasteiger partial charge in [-0.2, -0.15) is 0 Å². The molecule has 1 N–H and O–H groups in total. The predicted molar refractivity (Wildman–Crippen MR) is 109 cm³/mol. The van der Waals surface area contributed by atoms with Crippen LogP contribution in [0.4, 0.5) is 8.78 Å². The van der Waals surface area contributed by atoms with Gasteiger partial charge in [0, 0.05) is 43.9 Å². The molecular formula is C23H29F2N3O. The van der Waals surface area contributed by atoms with Crippen molar-refractivity contribution in [3.63, 3.8) is 0 Å². The fourth-order valence-electron chi connectivity index (χ4n) is 3.88. The van der Waals surface area contributed by atoms with Crippen LogP contribution in [0, 0.1) is 24.5 Å². The summed E-state index contributed by atoms with van der Waals surface area (Å²) in [6.45, 7) is 5.34. The largest absolute Gasteiger partial charge is 0.352 e. The van der Waals surface area contributed by atoms with Crippen molar-refractivity contribution in [2.45, 2.75) is 45.6 Å². The second kappa shape index (κ2) is 10.4. The Morgan fingerprint density at radius 2 is 2.10 bits per heavy atom.